The van der Waals surface area contributed by atoms with Gasteiger partial charge in [-0.3, -0.25) is 9.51 Å². The summed E-state index contributed by atoms with van der Waals surface area (Å²) in [5, 5.41) is 3.48. The molecule has 0 atom stereocenters. The van der Waals surface area contributed by atoms with Gasteiger partial charge in [0.1, 0.15) is 5.69 Å². The number of nitrogens with two attached hydrogens (primary N) is 1. The van der Waals surface area contributed by atoms with Gasteiger partial charge in [0.15, 0.2) is 17.5 Å². The molecule has 92 valence electrons. The second kappa shape index (κ2) is 3.42. The van der Waals surface area contributed by atoms with Crippen molar-refractivity contribution in [2.24, 2.45) is 0 Å². The van der Waals surface area contributed by atoms with Crippen LogP contribution in [0.25, 0.3) is 22.3 Å². The standard InChI is InChI=1S/C10H6F2N4O2/c11-4-1-5-6(7(12)8(4)13)3(2-14-5)9-15-10(17)18-16-9/h1-2,14H,13H2,(H,15,16,17). The number of nitrogen functional groups attached to an aromatic ring is 1. The maximum atomic E-state index is 13.9. The minimum absolute atomic E-state index is 0.0381. The third-order valence-corrected chi connectivity index (χ3v) is 2.59. The maximum Gasteiger partial charge on any atom is 0.439 e. The second-order valence-corrected chi connectivity index (χ2v) is 3.65. The first-order chi connectivity index (χ1) is 8.58. The van der Waals surface area contributed by atoms with Crippen molar-refractivity contribution in [2.75, 3.05) is 5.73 Å². The number of aromatic amines is 2. The third-order valence-electron chi connectivity index (χ3n) is 2.59. The number of hydrogen-bond acceptors (Lipinski definition) is 4. The van der Waals surface area contributed by atoms with Gasteiger partial charge in [-0.2, -0.15) is 0 Å². The largest absolute Gasteiger partial charge is 0.439 e. The maximum absolute atomic E-state index is 13.9. The molecule has 2 aromatic heterocycles. The van der Waals surface area contributed by atoms with Gasteiger partial charge in [0.05, 0.1) is 5.52 Å². The van der Waals surface area contributed by atoms with Crippen molar-refractivity contribution >= 4 is 16.6 Å². The van der Waals surface area contributed by atoms with Crippen molar-refractivity contribution in [3.8, 4) is 11.4 Å². The molecule has 3 aromatic rings. The number of halogens is 2. The highest BCUT2D eigenvalue weighted by Gasteiger charge is 2.18. The van der Waals surface area contributed by atoms with Crippen molar-refractivity contribution in [3.63, 3.8) is 0 Å². The van der Waals surface area contributed by atoms with Crippen molar-refractivity contribution in [1.29, 1.82) is 0 Å². The molecule has 0 spiro atoms. The van der Waals surface area contributed by atoms with Crippen molar-refractivity contribution < 1.29 is 13.3 Å². The fourth-order valence-corrected chi connectivity index (χ4v) is 1.77. The first-order valence-electron chi connectivity index (χ1n) is 4.89. The topological polar surface area (TPSA) is 101 Å². The van der Waals surface area contributed by atoms with Crippen LogP contribution in [0.3, 0.4) is 0 Å². The molecule has 3 rings (SSSR count). The molecular weight excluding hydrogens is 246 g/mol. The average Bonchev–Trinajstić information content (AvgIpc) is 2.92. The van der Waals surface area contributed by atoms with E-state index in [4.69, 9.17) is 5.73 Å². The highest BCUT2D eigenvalue weighted by Crippen LogP contribution is 2.32. The number of benzene rings is 1. The minimum Gasteiger partial charge on any atom is -0.394 e. The van der Waals surface area contributed by atoms with Gasteiger partial charge >= 0.3 is 5.76 Å². The number of anilines is 1. The van der Waals surface area contributed by atoms with Crippen LogP contribution in [-0.2, 0) is 0 Å². The van der Waals surface area contributed by atoms with E-state index in [0.29, 0.717) is 0 Å². The molecule has 0 radical (unpaired) electrons. The van der Waals surface area contributed by atoms with E-state index in [9.17, 15) is 13.6 Å². The number of aromatic nitrogens is 3. The van der Waals surface area contributed by atoms with Crippen molar-refractivity contribution in [3.05, 3.63) is 34.4 Å². The lowest BCUT2D eigenvalue weighted by Crippen LogP contribution is -1.97. The van der Waals surface area contributed by atoms with Gasteiger partial charge < -0.3 is 10.7 Å². The second-order valence-electron chi connectivity index (χ2n) is 3.65. The van der Waals surface area contributed by atoms with E-state index in [0.717, 1.165) is 6.07 Å². The predicted octanol–water partition coefficient (Wildman–Crippen LogP) is 1.37. The molecule has 0 aliphatic rings. The number of nitrogens with zero attached hydrogens (tertiary/aromatic N) is 1. The van der Waals surface area contributed by atoms with Gasteiger partial charge in [0, 0.05) is 23.2 Å². The Balaban J connectivity index is 2.39. The van der Waals surface area contributed by atoms with Crippen LogP contribution in [0, 0.1) is 11.6 Å². The fourth-order valence-electron chi connectivity index (χ4n) is 1.77. The van der Waals surface area contributed by atoms with Crippen LogP contribution in [0.2, 0.25) is 0 Å². The Labute approximate surface area is 97.4 Å². The molecule has 0 amide bonds. The van der Waals surface area contributed by atoms with E-state index in [2.05, 4.69) is 19.6 Å². The highest BCUT2D eigenvalue weighted by atomic mass is 19.1. The SMILES string of the molecule is Nc1c(F)cc2[nH]cc(-c3noc(=O)[nH]3)c2c1F. The molecule has 0 aliphatic carbocycles. The lowest BCUT2D eigenvalue weighted by Gasteiger charge is -2.01. The van der Waals surface area contributed by atoms with E-state index in [1.807, 2.05) is 0 Å². The van der Waals surface area contributed by atoms with Crippen molar-refractivity contribution in [1.82, 2.24) is 15.1 Å². The van der Waals surface area contributed by atoms with Crippen LogP contribution in [0.4, 0.5) is 14.5 Å². The zero-order valence-corrected chi connectivity index (χ0v) is 8.75. The molecule has 4 N–H and O–H groups in total. The third kappa shape index (κ3) is 1.32. The molecule has 6 nitrogen and oxygen atoms in total. The van der Waals surface area contributed by atoms with Crippen LogP contribution in [0.5, 0.6) is 0 Å². The number of hydrogen-bond donors (Lipinski definition) is 3. The van der Waals surface area contributed by atoms with Crippen LogP contribution in [0.1, 0.15) is 0 Å². The summed E-state index contributed by atoms with van der Waals surface area (Å²) >= 11 is 0. The summed E-state index contributed by atoms with van der Waals surface area (Å²) in [4.78, 5) is 15.8. The number of rotatable bonds is 1. The number of nitrogens with one attached hydrogen (secondary N) is 2. The van der Waals surface area contributed by atoms with Crippen LogP contribution in [-0.4, -0.2) is 15.1 Å². The Hall–Kier alpha value is -2.64. The summed E-state index contributed by atoms with van der Waals surface area (Å²) in [6, 6.07) is 1.06. The zero-order chi connectivity index (χ0) is 12.9. The van der Waals surface area contributed by atoms with E-state index in [1.54, 1.807) is 0 Å². The van der Waals surface area contributed by atoms with Gasteiger partial charge in [-0.05, 0) is 0 Å². The van der Waals surface area contributed by atoms with Gasteiger partial charge in [0.2, 0.25) is 0 Å². The summed E-state index contributed by atoms with van der Waals surface area (Å²) in [6.07, 6.45) is 1.38. The molecule has 0 fully saturated rings. The van der Waals surface area contributed by atoms with Crippen LogP contribution < -0.4 is 11.5 Å². The Kier molecular flexibility index (Phi) is 2.00. The van der Waals surface area contributed by atoms with Gasteiger partial charge in [-0.15, -0.1) is 0 Å². The molecule has 0 aliphatic heterocycles. The molecule has 18 heavy (non-hydrogen) atoms. The Bertz CT molecular complexity index is 802. The van der Waals surface area contributed by atoms with Crippen LogP contribution in [0.15, 0.2) is 21.6 Å². The van der Waals surface area contributed by atoms with E-state index >= 15 is 0 Å². The van der Waals surface area contributed by atoms with E-state index in [-0.39, 0.29) is 22.3 Å². The minimum atomic E-state index is -0.912. The van der Waals surface area contributed by atoms with E-state index in [1.165, 1.54) is 6.20 Å². The van der Waals surface area contributed by atoms with E-state index < -0.39 is 23.1 Å². The Morgan fingerprint density at radius 2 is 2.17 bits per heavy atom. The molecule has 1 aromatic carbocycles. The number of fused-ring (bicyclic) bond motifs is 1. The molecule has 0 saturated heterocycles. The molecular formula is C10H6F2N4O2. The molecule has 0 bridgehead atoms. The molecule has 2 heterocycles. The Morgan fingerprint density at radius 3 is 2.83 bits per heavy atom. The summed E-state index contributed by atoms with van der Waals surface area (Å²) < 4.78 is 31.5. The monoisotopic (exact) mass is 252 g/mol. The van der Waals surface area contributed by atoms with Gasteiger partial charge in [-0.25, -0.2) is 13.6 Å². The molecule has 0 unspecified atom stereocenters. The van der Waals surface area contributed by atoms with Crippen LogP contribution >= 0.6 is 0 Å². The summed E-state index contributed by atoms with van der Waals surface area (Å²) in [7, 11) is 0. The Morgan fingerprint density at radius 1 is 1.39 bits per heavy atom. The fraction of sp³-hybridized carbons (Fsp3) is 0. The van der Waals surface area contributed by atoms with Gasteiger partial charge in [0.25, 0.3) is 0 Å². The lowest BCUT2D eigenvalue weighted by molar-refractivity contribution is 0.388. The summed E-state index contributed by atoms with van der Waals surface area (Å²) in [6.45, 7) is 0. The average molecular weight is 252 g/mol. The van der Waals surface area contributed by atoms with Crippen molar-refractivity contribution in [2.45, 2.75) is 0 Å². The smallest absolute Gasteiger partial charge is 0.394 e. The first-order valence-corrected chi connectivity index (χ1v) is 4.89. The lowest BCUT2D eigenvalue weighted by atomic mass is 10.1. The number of H-pyrrole nitrogens is 2. The predicted molar refractivity (Wildman–Crippen MR) is 58.7 cm³/mol. The molecule has 0 saturated carbocycles. The quantitative estimate of drug-likeness (QED) is 0.569. The summed E-state index contributed by atoms with van der Waals surface area (Å²) in [5.74, 6) is -2.50. The first kappa shape index (κ1) is 10.5. The molecule has 8 heteroatoms. The normalized spacial score (nSPS) is 11.2. The van der Waals surface area contributed by atoms with Gasteiger partial charge in [-0.1, -0.05) is 5.16 Å². The summed E-state index contributed by atoms with van der Waals surface area (Å²) in [5.41, 5.74) is 5.13. The zero-order valence-electron chi connectivity index (χ0n) is 8.75. The highest BCUT2D eigenvalue weighted by molar-refractivity contribution is 5.96.